The van der Waals surface area contributed by atoms with Crippen molar-refractivity contribution in [3.05, 3.63) is 23.7 Å². The summed E-state index contributed by atoms with van der Waals surface area (Å²) in [5.41, 5.74) is 0.300. The van der Waals surface area contributed by atoms with Crippen LogP contribution in [0.1, 0.15) is 16.1 Å². The van der Waals surface area contributed by atoms with Crippen LogP contribution >= 0.6 is 0 Å². The van der Waals surface area contributed by atoms with Crippen LogP contribution in [-0.2, 0) is 4.79 Å². The third-order valence-corrected chi connectivity index (χ3v) is 1.87. The molecule has 0 aliphatic rings. The van der Waals surface area contributed by atoms with Gasteiger partial charge in [-0.15, -0.1) is 6.42 Å². The average molecular weight is 221 g/mol. The molecule has 0 saturated heterocycles. The molecule has 5 heteroatoms. The molecule has 0 unspecified atom stereocenters. The number of aliphatic carboxylic acids is 1. The van der Waals surface area contributed by atoms with Crippen molar-refractivity contribution < 1.29 is 19.1 Å². The Labute approximate surface area is 92.7 Å². The van der Waals surface area contributed by atoms with Gasteiger partial charge in [0.15, 0.2) is 0 Å². The molecule has 84 valence electrons. The third kappa shape index (κ3) is 2.89. The van der Waals surface area contributed by atoms with Crippen LogP contribution in [0, 0.1) is 19.3 Å². The molecule has 1 rings (SSSR count). The highest BCUT2D eigenvalue weighted by molar-refractivity contribution is 5.95. The zero-order valence-corrected chi connectivity index (χ0v) is 8.77. The average Bonchev–Trinajstić information content (AvgIpc) is 2.62. The van der Waals surface area contributed by atoms with Gasteiger partial charge in [-0.05, 0) is 13.0 Å². The normalized spacial score (nSPS) is 9.50. The molecule has 0 spiro atoms. The predicted molar refractivity (Wildman–Crippen MR) is 55.8 cm³/mol. The van der Waals surface area contributed by atoms with Gasteiger partial charge in [-0.25, -0.2) is 0 Å². The maximum atomic E-state index is 11.8. The first-order valence-corrected chi connectivity index (χ1v) is 4.54. The largest absolute Gasteiger partial charge is 0.480 e. The number of hydrogen-bond acceptors (Lipinski definition) is 3. The van der Waals surface area contributed by atoms with Crippen molar-refractivity contribution in [2.24, 2.45) is 0 Å². The number of rotatable bonds is 4. The lowest BCUT2D eigenvalue weighted by atomic mass is 10.2. The Bertz CT molecular complexity index is 441. The van der Waals surface area contributed by atoms with Crippen LogP contribution in [0.3, 0.4) is 0 Å². The number of hydrogen-bond donors (Lipinski definition) is 1. The van der Waals surface area contributed by atoms with Gasteiger partial charge in [0, 0.05) is 0 Å². The summed E-state index contributed by atoms with van der Waals surface area (Å²) in [6, 6.07) is 1.54. The highest BCUT2D eigenvalue weighted by Crippen LogP contribution is 2.09. The molecule has 1 amide bonds. The van der Waals surface area contributed by atoms with Crippen molar-refractivity contribution in [3.63, 3.8) is 0 Å². The lowest BCUT2D eigenvalue weighted by molar-refractivity contribution is -0.137. The van der Waals surface area contributed by atoms with Crippen LogP contribution in [0.4, 0.5) is 0 Å². The van der Waals surface area contributed by atoms with Crippen LogP contribution in [0.15, 0.2) is 16.7 Å². The van der Waals surface area contributed by atoms with Crippen LogP contribution in [0.5, 0.6) is 0 Å². The summed E-state index contributed by atoms with van der Waals surface area (Å²) in [6.07, 6.45) is 6.35. The van der Waals surface area contributed by atoms with E-state index in [9.17, 15) is 9.59 Å². The van der Waals surface area contributed by atoms with Gasteiger partial charge in [0.2, 0.25) is 0 Å². The molecule has 0 atom stereocenters. The molecule has 0 aromatic carbocycles. The number of carbonyl (C=O) groups is 2. The Morgan fingerprint density at radius 3 is 2.75 bits per heavy atom. The fourth-order valence-electron chi connectivity index (χ4n) is 1.21. The molecule has 0 aliphatic heterocycles. The van der Waals surface area contributed by atoms with E-state index in [-0.39, 0.29) is 6.54 Å². The maximum absolute atomic E-state index is 11.8. The molecule has 1 N–H and O–H groups in total. The molecule has 0 aliphatic carbocycles. The van der Waals surface area contributed by atoms with Crippen LogP contribution in [0.2, 0.25) is 0 Å². The first-order valence-electron chi connectivity index (χ1n) is 4.54. The molecule has 0 fully saturated rings. The van der Waals surface area contributed by atoms with Crippen LogP contribution < -0.4 is 0 Å². The van der Waals surface area contributed by atoms with Crippen molar-refractivity contribution in [2.75, 3.05) is 13.1 Å². The van der Waals surface area contributed by atoms with Crippen molar-refractivity contribution in [1.82, 2.24) is 4.90 Å². The summed E-state index contributed by atoms with van der Waals surface area (Å²) in [7, 11) is 0. The van der Waals surface area contributed by atoms with E-state index in [2.05, 4.69) is 5.92 Å². The molecular formula is C11H11NO4. The number of carboxylic acids is 1. The number of furan rings is 1. The molecule has 5 nitrogen and oxygen atoms in total. The van der Waals surface area contributed by atoms with Crippen molar-refractivity contribution in [3.8, 4) is 12.3 Å². The van der Waals surface area contributed by atoms with E-state index >= 15 is 0 Å². The van der Waals surface area contributed by atoms with Crippen LogP contribution in [0.25, 0.3) is 0 Å². The minimum absolute atomic E-state index is 0.0463. The fourth-order valence-corrected chi connectivity index (χ4v) is 1.21. The summed E-state index contributed by atoms with van der Waals surface area (Å²) in [5.74, 6) is 1.27. The Morgan fingerprint density at radius 1 is 1.62 bits per heavy atom. The molecule has 0 saturated carbocycles. The smallest absolute Gasteiger partial charge is 0.323 e. The second-order valence-electron chi connectivity index (χ2n) is 3.21. The Morgan fingerprint density at radius 2 is 2.31 bits per heavy atom. The third-order valence-electron chi connectivity index (χ3n) is 1.87. The van der Waals surface area contributed by atoms with Crippen LogP contribution in [-0.4, -0.2) is 35.0 Å². The minimum atomic E-state index is -1.11. The molecule has 1 aromatic heterocycles. The first-order chi connectivity index (χ1) is 7.54. The van der Waals surface area contributed by atoms with Crippen molar-refractivity contribution in [2.45, 2.75) is 6.92 Å². The fraction of sp³-hybridized carbons (Fsp3) is 0.273. The molecule has 1 aromatic rings. The topological polar surface area (TPSA) is 70.8 Å². The quantitative estimate of drug-likeness (QED) is 0.761. The Kier molecular flexibility index (Phi) is 3.72. The van der Waals surface area contributed by atoms with Gasteiger partial charge in [0.1, 0.15) is 18.6 Å². The molecular weight excluding hydrogens is 210 g/mol. The summed E-state index contributed by atoms with van der Waals surface area (Å²) < 4.78 is 4.97. The second kappa shape index (κ2) is 5.03. The van der Waals surface area contributed by atoms with E-state index in [4.69, 9.17) is 15.9 Å². The van der Waals surface area contributed by atoms with E-state index in [0.29, 0.717) is 11.3 Å². The van der Waals surface area contributed by atoms with E-state index in [0.717, 1.165) is 4.90 Å². The van der Waals surface area contributed by atoms with Gasteiger partial charge < -0.3 is 14.4 Å². The summed E-state index contributed by atoms with van der Waals surface area (Å²) in [5, 5.41) is 8.63. The van der Waals surface area contributed by atoms with Gasteiger partial charge in [0.05, 0.1) is 12.1 Å². The van der Waals surface area contributed by atoms with Gasteiger partial charge in [-0.3, -0.25) is 9.59 Å². The summed E-state index contributed by atoms with van der Waals surface area (Å²) in [6.45, 7) is 1.22. The van der Waals surface area contributed by atoms with E-state index in [1.165, 1.54) is 12.3 Å². The van der Waals surface area contributed by atoms with Gasteiger partial charge in [0.25, 0.3) is 5.91 Å². The lowest BCUT2D eigenvalue weighted by Crippen LogP contribution is -2.35. The lowest BCUT2D eigenvalue weighted by Gasteiger charge is -2.16. The van der Waals surface area contributed by atoms with Gasteiger partial charge >= 0.3 is 5.97 Å². The van der Waals surface area contributed by atoms with E-state index < -0.39 is 18.4 Å². The van der Waals surface area contributed by atoms with E-state index in [1.54, 1.807) is 6.92 Å². The maximum Gasteiger partial charge on any atom is 0.323 e. The Hall–Kier alpha value is -2.22. The number of carbonyl (C=O) groups excluding carboxylic acids is 1. The van der Waals surface area contributed by atoms with Gasteiger partial charge in [-0.2, -0.15) is 0 Å². The Balaban J connectivity index is 2.83. The zero-order chi connectivity index (χ0) is 12.1. The molecule has 16 heavy (non-hydrogen) atoms. The van der Waals surface area contributed by atoms with Crippen molar-refractivity contribution >= 4 is 11.9 Å². The van der Waals surface area contributed by atoms with Gasteiger partial charge in [-0.1, -0.05) is 5.92 Å². The molecule has 0 bridgehead atoms. The predicted octanol–water partition coefficient (Wildman–Crippen LogP) is 0.748. The monoisotopic (exact) mass is 221 g/mol. The highest BCUT2D eigenvalue weighted by Gasteiger charge is 2.18. The second-order valence-corrected chi connectivity index (χ2v) is 3.21. The van der Waals surface area contributed by atoms with Crippen molar-refractivity contribution in [1.29, 1.82) is 0 Å². The zero-order valence-electron chi connectivity index (χ0n) is 8.77. The first kappa shape index (κ1) is 11.9. The summed E-state index contributed by atoms with van der Waals surface area (Å²) >= 11 is 0. The number of terminal acetylenes is 1. The SMILES string of the molecule is C#CCN(CC(=O)O)C(=O)c1coc(C)c1. The number of nitrogens with zero attached hydrogens (tertiary/aromatic N) is 1. The number of amides is 1. The minimum Gasteiger partial charge on any atom is -0.480 e. The molecule has 1 heterocycles. The number of carboxylic acid groups (broad SMARTS) is 1. The highest BCUT2D eigenvalue weighted by atomic mass is 16.4. The summed E-state index contributed by atoms with van der Waals surface area (Å²) in [4.78, 5) is 23.4. The standard InChI is InChI=1S/C11H11NO4/c1-3-4-12(6-10(13)14)11(15)9-5-8(2)16-7-9/h1,5,7H,4,6H2,2H3,(H,13,14). The van der Waals surface area contributed by atoms with E-state index in [1.807, 2.05) is 0 Å². The molecule has 0 radical (unpaired) electrons. The number of aryl methyl sites for hydroxylation is 1.